The first-order valence-electron chi connectivity index (χ1n) is 9.41. The van der Waals surface area contributed by atoms with Crippen LogP contribution < -0.4 is 5.32 Å². The quantitative estimate of drug-likeness (QED) is 0.454. The van der Waals surface area contributed by atoms with E-state index in [4.69, 9.17) is 27.9 Å². The summed E-state index contributed by atoms with van der Waals surface area (Å²) < 4.78 is 4.92. The van der Waals surface area contributed by atoms with Gasteiger partial charge in [-0.1, -0.05) is 59.6 Å². The Labute approximate surface area is 185 Å². The molecule has 30 heavy (non-hydrogen) atoms. The molecule has 0 aliphatic rings. The van der Waals surface area contributed by atoms with E-state index < -0.39 is 5.97 Å². The number of nitrogens with one attached hydrogen (secondary N) is 1. The average molecular weight is 442 g/mol. The van der Waals surface area contributed by atoms with Crippen molar-refractivity contribution in [2.75, 3.05) is 12.4 Å². The number of aryl methyl sites for hydroxylation is 2. The number of halogens is 2. The van der Waals surface area contributed by atoms with Gasteiger partial charge in [0.1, 0.15) is 0 Å². The normalized spacial score (nSPS) is 10.5. The standard InChI is InChI=1S/C24H21Cl2NO3/c1-15-5-3-4-6-18(15)17-9-11-22(19(14-17)24(29)30-2)27-23(28)12-8-16-7-10-20(25)21(26)13-16/h3-7,9-11,13-14H,8,12H2,1-2H3,(H,27,28). The predicted molar refractivity (Wildman–Crippen MR) is 121 cm³/mol. The van der Waals surface area contributed by atoms with Gasteiger partial charge in [0.15, 0.2) is 0 Å². The molecule has 6 heteroatoms. The Morgan fingerprint density at radius 1 is 0.967 bits per heavy atom. The molecule has 0 saturated heterocycles. The van der Waals surface area contributed by atoms with Crippen LogP contribution in [0.25, 0.3) is 11.1 Å². The molecule has 3 aromatic carbocycles. The van der Waals surface area contributed by atoms with Crippen molar-refractivity contribution in [3.05, 3.63) is 87.4 Å². The number of rotatable bonds is 6. The molecule has 154 valence electrons. The smallest absolute Gasteiger partial charge is 0.339 e. The summed E-state index contributed by atoms with van der Waals surface area (Å²) >= 11 is 11.9. The highest BCUT2D eigenvalue weighted by molar-refractivity contribution is 6.42. The SMILES string of the molecule is COC(=O)c1cc(-c2ccccc2C)ccc1NC(=O)CCc1ccc(Cl)c(Cl)c1. The van der Waals surface area contributed by atoms with Crippen LogP contribution in [-0.4, -0.2) is 19.0 Å². The maximum absolute atomic E-state index is 12.5. The highest BCUT2D eigenvalue weighted by Crippen LogP contribution is 2.28. The van der Waals surface area contributed by atoms with Gasteiger partial charge in [-0.25, -0.2) is 4.79 Å². The monoisotopic (exact) mass is 441 g/mol. The van der Waals surface area contributed by atoms with Gasteiger partial charge in [-0.3, -0.25) is 4.79 Å². The van der Waals surface area contributed by atoms with Crippen molar-refractivity contribution in [3.63, 3.8) is 0 Å². The molecule has 0 unspecified atom stereocenters. The highest BCUT2D eigenvalue weighted by Gasteiger charge is 2.16. The van der Waals surface area contributed by atoms with E-state index in [1.165, 1.54) is 7.11 Å². The van der Waals surface area contributed by atoms with Gasteiger partial charge >= 0.3 is 5.97 Å². The Hall–Kier alpha value is -2.82. The number of hydrogen-bond donors (Lipinski definition) is 1. The summed E-state index contributed by atoms with van der Waals surface area (Å²) in [5.74, 6) is -0.722. The minimum atomic E-state index is -0.509. The molecule has 1 N–H and O–H groups in total. The molecule has 0 saturated carbocycles. The van der Waals surface area contributed by atoms with Crippen LogP contribution in [0.5, 0.6) is 0 Å². The number of methoxy groups -OCH3 is 1. The van der Waals surface area contributed by atoms with Crippen LogP contribution in [0.3, 0.4) is 0 Å². The number of carbonyl (C=O) groups excluding carboxylic acids is 2. The Kier molecular flexibility index (Phi) is 7.14. The van der Waals surface area contributed by atoms with Crippen molar-refractivity contribution in [2.24, 2.45) is 0 Å². The topological polar surface area (TPSA) is 55.4 Å². The fourth-order valence-corrected chi connectivity index (χ4v) is 3.48. The number of hydrogen-bond acceptors (Lipinski definition) is 3. The van der Waals surface area contributed by atoms with E-state index in [1.807, 2.05) is 43.3 Å². The van der Waals surface area contributed by atoms with E-state index in [1.54, 1.807) is 24.3 Å². The number of anilines is 1. The van der Waals surface area contributed by atoms with E-state index >= 15 is 0 Å². The van der Waals surface area contributed by atoms with Crippen molar-refractivity contribution in [1.29, 1.82) is 0 Å². The van der Waals surface area contributed by atoms with Crippen LogP contribution in [-0.2, 0) is 16.0 Å². The van der Waals surface area contributed by atoms with Crippen LogP contribution in [0, 0.1) is 6.92 Å². The van der Waals surface area contributed by atoms with Gasteiger partial charge < -0.3 is 10.1 Å². The van der Waals surface area contributed by atoms with Crippen LogP contribution in [0.4, 0.5) is 5.69 Å². The summed E-state index contributed by atoms with van der Waals surface area (Å²) in [7, 11) is 1.32. The van der Waals surface area contributed by atoms with Crippen molar-refractivity contribution < 1.29 is 14.3 Å². The average Bonchev–Trinajstić information content (AvgIpc) is 2.75. The molecule has 0 fully saturated rings. The van der Waals surface area contributed by atoms with E-state index in [0.29, 0.717) is 27.7 Å². The second-order valence-corrected chi connectivity index (χ2v) is 7.68. The molecule has 1 amide bonds. The minimum absolute atomic E-state index is 0.213. The zero-order chi connectivity index (χ0) is 21.7. The Bertz CT molecular complexity index is 1100. The third kappa shape index (κ3) is 5.21. The predicted octanol–water partition coefficient (Wildman–Crippen LogP) is 6.33. The van der Waals surface area contributed by atoms with E-state index in [9.17, 15) is 9.59 Å². The maximum Gasteiger partial charge on any atom is 0.339 e. The molecule has 0 aromatic heterocycles. The molecule has 0 atom stereocenters. The number of ether oxygens (including phenoxy) is 1. The lowest BCUT2D eigenvalue weighted by atomic mass is 9.98. The molecule has 0 bridgehead atoms. The lowest BCUT2D eigenvalue weighted by molar-refractivity contribution is -0.116. The van der Waals surface area contributed by atoms with Crippen LogP contribution in [0.15, 0.2) is 60.7 Å². The molecule has 4 nitrogen and oxygen atoms in total. The van der Waals surface area contributed by atoms with Gasteiger partial charge in [0.25, 0.3) is 0 Å². The summed E-state index contributed by atoms with van der Waals surface area (Å²) in [6.45, 7) is 2.01. The summed E-state index contributed by atoms with van der Waals surface area (Å²) in [4.78, 5) is 24.8. The van der Waals surface area contributed by atoms with Crippen molar-refractivity contribution in [2.45, 2.75) is 19.8 Å². The van der Waals surface area contributed by atoms with Crippen LogP contribution in [0.2, 0.25) is 10.0 Å². The lowest BCUT2D eigenvalue weighted by Gasteiger charge is -2.13. The fourth-order valence-electron chi connectivity index (χ4n) is 3.16. The first-order valence-corrected chi connectivity index (χ1v) is 10.2. The third-order valence-corrected chi connectivity index (χ3v) is 5.52. The molecule has 0 aliphatic heterocycles. The number of amides is 1. The van der Waals surface area contributed by atoms with Crippen LogP contribution >= 0.6 is 23.2 Å². The first kappa shape index (κ1) is 21.9. The second-order valence-electron chi connectivity index (χ2n) is 6.86. The molecule has 0 radical (unpaired) electrons. The van der Waals surface area contributed by atoms with Gasteiger partial charge in [-0.05, 0) is 59.9 Å². The van der Waals surface area contributed by atoms with Crippen molar-refractivity contribution in [1.82, 2.24) is 0 Å². The third-order valence-electron chi connectivity index (χ3n) is 4.78. The fraction of sp³-hybridized carbons (Fsp3) is 0.167. The van der Waals surface area contributed by atoms with Gasteiger partial charge in [-0.15, -0.1) is 0 Å². The molecular weight excluding hydrogens is 421 g/mol. The van der Waals surface area contributed by atoms with E-state index in [-0.39, 0.29) is 12.3 Å². The molecule has 3 aromatic rings. The zero-order valence-electron chi connectivity index (χ0n) is 16.7. The van der Waals surface area contributed by atoms with Gasteiger partial charge in [0.2, 0.25) is 5.91 Å². The summed E-state index contributed by atoms with van der Waals surface area (Å²) in [6, 6.07) is 18.5. The second kappa shape index (κ2) is 9.79. The molecule has 0 aliphatic carbocycles. The zero-order valence-corrected chi connectivity index (χ0v) is 18.2. The first-order chi connectivity index (χ1) is 14.4. The highest BCUT2D eigenvalue weighted by atomic mass is 35.5. The molecular formula is C24H21Cl2NO3. The largest absolute Gasteiger partial charge is 0.465 e. The van der Waals surface area contributed by atoms with E-state index in [0.717, 1.165) is 22.3 Å². The number of esters is 1. The van der Waals surface area contributed by atoms with E-state index in [2.05, 4.69) is 5.32 Å². The summed E-state index contributed by atoms with van der Waals surface area (Å²) in [5.41, 5.74) is 4.61. The van der Waals surface area contributed by atoms with Gasteiger partial charge in [0, 0.05) is 6.42 Å². The Morgan fingerprint density at radius 2 is 1.73 bits per heavy atom. The molecule has 0 spiro atoms. The lowest BCUT2D eigenvalue weighted by Crippen LogP contribution is -2.16. The Balaban J connectivity index is 1.78. The number of benzene rings is 3. The maximum atomic E-state index is 12.5. The molecule has 0 heterocycles. The van der Waals surface area contributed by atoms with Crippen molar-refractivity contribution in [3.8, 4) is 11.1 Å². The summed E-state index contributed by atoms with van der Waals surface area (Å²) in [6.07, 6.45) is 0.732. The van der Waals surface area contributed by atoms with Gasteiger partial charge in [-0.2, -0.15) is 0 Å². The summed E-state index contributed by atoms with van der Waals surface area (Å²) in [5, 5.41) is 3.74. The van der Waals surface area contributed by atoms with Gasteiger partial charge in [0.05, 0.1) is 28.4 Å². The van der Waals surface area contributed by atoms with Crippen LogP contribution in [0.1, 0.15) is 27.9 Å². The molecule has 3 rings (SSSR count). The minimum Gasteiger partial charge on any atom is -0.465 e. The van der Waals surface area contributed by atoms with Crippen molar-refractivity contribution >= 4 is 40.8 Å². The Morgan fingerprint density at radius 3 is 2.43 bits per heavy atom. The number of carbonyl (C=O) groups is 2.